The van der Waals surface area contributed by atoms with Gasteiger partial charge >= 0.3 is 0 Å². The van der Waals surface area contributed by atoms with Crippen molar-refractivity contribution < 1.29 is 4.79 Å². The van der Waals surface area contributed by atoms with Crippen molar-refractivity contribution in [3.05, 3.63) is 71.3 Å². The summed E-state index contributed by atoms with van der Waals surface area (Å²) in [6, 6.07) is 17.2. The Morgan fingerprint density at radius 3 is 2.43 bits per heavy atom. The normalized spacial score (nSPS) is 16.4. The second-order valence-corrected chi connectivity index (χ2v) is 6.52. The maximum atomic E-state index is 12.9. The van der Waals surface area contributed by atoms with Crippen molar-refractivity contribution in [1.29, 1.82) is 0 Å². The van der Waals surface area contributed by atoms with Crippen molar-refractivity contribution in [2.24, 2.45) is 4.99 Å². The summed E-state index contributed by atoms with van der Waals surface area (Å²) in [5, 5.41) is 0. The number of hydrogen-bond donors (Lipinski definition) is 0. The van der Waals surface area contributed by atoms with Crippen LogP contribution in [-0.2, 0) is 0 Å². The molecule has 0 saturated heterocycles. The van der Waals surface area contributed by atoms with Gasteiger partial charge in [-0.3, -0.25) is 14.7 Å². The van der Waals surface area contributed by atoms with Crippen LogP contribution in [0.4, 0.5) is 0 Å². The first-order chi connectivity index (χ1) is 10.9. The minimum atomic E-state index is -0.691. The van der Waals surface area contributed by atoms with Gasteiger partial charge in [-0.2, -0.15) is 0 Å². The van der Waals surface area contributed by atoms with Crippen LogP contribution in [0.25, 0.3) is 0 Å². The van der Waals surface area contributed by atoms with Crippen molar-refractivity contribution in [2.75, 3.05) is 0 Å². The highest BCUT2D eigenvalue weighted by Gasteiger charge is 2.42. The summed E-state index contributed by atoms with van der Waals surface area (Å²) in [7, 11) is 0. The predicted molar refractivity (Wildman–Crippen MR) is 97.0 cm³/mol. The molecule has 1 heterocycles. The Bertz CT molecular complexity index is 809. The van der Waals surface area contributed by atoms with Gasteiger partial charge in [0, 0.05) is 11.1 Å². The molecule has 1 aliphatic rings. The van der Waals surface area contributed by atoms with Gasteiger partial charge in [-0.15, -0.1) is 0 Å². The number of carbonyl (C=O) groups is 1. The largest absolute Gasteiger partial charge is 0.272 e. The SMILES string of the molecule is Cc1cccc(C2=NC(C)(C)N(C(=O)c3ccccc3)C2=S)c1. The van der Waals surface area contributed by atoms with Gasteiger partial charge in [-0.1, -0.05) is 54.2 Å². The highest BCUT2D eigenvalue weighted by atomic mass is 32.1. The molecule has 0 aromatic heterocycles. The molecular weight excluding hydrogens is 304 g/mol. The average molecular weight is 322 g/mol. The first-order valence-electron chi connectivity index (χ1n) is 7.51. The number of benzene rings is 2. The van der Waals surface area contributed by atoms with E-state index in [2.05, 4.69) is 0 Å². The van der Waals surface area contributed by atoms with E-state index in [-0.39, 0.29) is 5.91 Å². The zero-order valence-corrected chi connectivity index (χ0v) is 14.2. The van der Waals surface area contributed by atoms with E-state index >= 15 is 0 Å². The molecule has 2 aromatic carbocycles. The lowest BCUT2D eigenvalue weighted by atomic mass is 10.1. The van der Waals surface area contributed by atoms with E-state index in [0.29, 0.717) is 16.3 Å². The molecule has 0 radical (unpaired) electrons. The molecular formula is C19H18N2OS. The molecule has 0 fully saturated rings. The summed E-state index contributed by atoms with van der Waals surface area (Å²) in [6.45, 7) is 5.84. The molecule has 4 heteroatoms. The van der Waals surface area contributed by atoms with Crippen LogP contribution in [0.3, 0.4) is 0 Å². The van der Waals surface area contributed by atoms with Gasteiger partial charge in [0.25, 0.3) is 5.91 Å². The number of amides is 1. The van der Waals surface area contributed by atoms with Crippen molar-refractivity contribution in [1.82, 2.24) is 4.90 Å². The maximum Gasteiger partial charge on any atom is 0.260 e. The lowest BCUT2D eigenvalue weighted by molar-refractivity contribution is 0.0758. The van der Waals surface area contributed by atoms with Gasteiger partial charge in [0.05, 0.1) is 0 Å². The first-order valence-corrected chi connectivity index (χ1v) is 7.92. The Balaban J connectivity index is 2.00. The van der Waals surface area contributed by atoms with E-state index in [1.165, 1.54) is 0 Å². The molecule has 0 atom stereocenters. The number of rotatable bonds is 2. The number of aryl methyl sites for hydroxylation is 1. The Labute approximate surface area is 141 Å². The third-order valence-electron chi connectivity index (χ3n) is 3.85. The fourth-order valence-electron chi connectivity index (χ4n) is 2.76. The number of hydrogen-bond acceptors (Lipinski definition) is 3. The van der Waals surface area contributed by atoms with Gasteiger partial charge in [0.1, 0.15) is 16.4 Å². The Hall–Kier alpha value is -2.33. The Morgan fingerprint density at radius 1 is 1.09 bits per heavy atom. The number of aliphatic imine (C=N–C) groups is 1. The summed E-state index contributed by atoms with van der Waals surface area (Å²) in [4.78, 5) is 19.7. The number of thiocarbonyl (C=S) groups is 1. The molecule has 3 nitrogen and oxygen atoms in total. The van der Waals surface area contributed by atoms with Gasteiger partial charge < -0.3 is 0 Å². The maximum absolute atomic E-state index is 12.9. The lowest BCUT2D eigenvalue weighted by Gasteiger charge is -2.29. The average Bonchev–Trinajstić information content (AvgIpc) is 2.77. The Morgan fingerprint density at radius 2 is 1.78 bits per heavy atom. The topological polar surface area (TPSA) is 32.7 Å². The molecule has 0 bridgehead atoms. The monoisotopic (exact) mass is 322 g/mol. The van der Waals surface area contributed by atoms with Crippen LogP contribution in [0, 0.1) is 6.92 Å². The molecule has 3 rings (SSSR count). The van der Waals surface area contributed by atoms with Crippen molar-refractivity contribution in [3.8, 4) is 0 Å². The highest BCUT2D eigenvalue weighted by Crippen LogP contribution is 2.29. The van der Waals surface area contributed by atoms with E-state index < -0.39 is 5.66 Å². The predicted octanol–water partition coefficient (Wildman–Crippen LogP) is 4.00. The standard InChI is InChI=1S/C19H18N2OS/c1-13-8-7-11-15(12-13)16-18(23)21(19(2,3)20-16)17(22)14-9-5-4-6-10-14/h4-12H,1-3H3. The third kappa shape index (κ3) is 2.82. The second kappa shape index (κ2) is 5.70. The summed E-state index contributed by atoms with van der Waals surface area (Å²) < 4.78 is 0. The van der Waals surface area contributed by atoms with Crippen LogP contribution in [0.15, 0.2) is 59.6 Å². The first kappa shape index (κ1) is 15.6. The highest BCUT2D eigenvalue weighted by molar-refractivity contribution is 7.82. The molecule has 0 spiro atoms. The molecule has 0 saturated carbocycles. The van der Waals surface area contributed by atoms with Gasteiger partial charge in [-0.05, 0) is 39.0 Å². The number of carbonyl (C=O) groups excluding carboxylic acids is 1. The molecule has 23 heavy (non-hydrogen) atoms. The quantitative estimate of drug-likeness (QED) is 0.783. The Kier molecular flexibility index (Phi) is 3.86. The smallest absolute Gasteiger partial charge is 0.260 e. The van der Waals surface area contributed by atoms with Gasteiger partial charge in [0.15, 0.2) is 0 Å². The minimum absolute atomic E-state index is 0.119. The number of nitrogens with zero attached hydrogens (tertiary/aromatic N) is 2. The zero-order chi connectivity index (χ0) is 16.6. The van der Waals surface area contributed by atoms with E-state index in [1.54, 1.807) is 17.0 Å². The van der Waals surface area contributed by atoms with Crippen molar-refractivity contribution in [2.45, 2.75) is 26.4 Å². The van der Waals surface area contributed by atoms with E-state index in [1.807, 2.05) is 63.2 Å². The lowest BCUT2D eigenvalue weighted by Crippen LogP contribution is -2.46. The van der Waals surface area contributed by atoms with Gasteiger partial charge in [0.2, 0.25) is 0 Å². The van der Waals surface area contributed by atoms with E-state index in [9.17, 15) is 4.79 Å². The van der Waals surface area contributed by atoms with Crippen molar-refractivity contribution >= 4 is 28.8 Å². The summed E-state index contributed by atoms with van der Waals surface area (Å²) >= 11 is 5.59. The van der Waals surface area contributed by atoms with E-state index in [0.717, 1.165) is 11.1 Å². The van der Waals surface area contributed by atoms with Crippen LogP contribution >= 0.6 is 12.2 Å². The zero-order valence-electron chi connectivity index (χ0n) is 13.4. The molecule has 2 aromatic rings. The molecule has 0 aliphatic carbocycles. The van der Waals surface area contributed by atoms with Gasteiger partial charge in [-0.25, -0.2) is 0 Å². The third-order valence-corrected chi connectivity index (χ3v) is 4.23. The fraction of sp³-hybridized carbons (Fsp3) is 0.211. The molecule has 116 valence electrons. The summed E-state index contributed by atoms with van der Waals surface area (Å²) in [6.07, 6.45) is 0. The molecule has 1 amide bonds. The van der Waals surface area contributed by atoms with E-state index in [4.69, 9.17) is 17.2 Å². The van der Waals surface area contributed by atoms with Crippen LogP contribution < -0.4 is 0 Å². The minimum Gasteiger partial charge on any atom is -0.272 e. The van der Waals surface area contributed by atoms with Crippen molar-refractivity contribution in [3.63, 3.8) is 0 Å². The molecule has 0 N–H and O–H groups in total. The molecule has 1 aliphatic heterocycles. The summed E-state index contributed by atoms with van der Waals surface area (Å²) in [5.41, 5.74) is 2.72. The van der Waals surface area contributed by atoms with Crippen LogP contribution in [0.5, 0.6) is 0 Å². The van der Waals surface area contributed by atoms with Crippen LogP contribution in [0.2, 0.25) is 0 Å². The fourth-order valence-corrected chi connectivity index (χ4v) is 3.23. The molecule has 0 unspecified atom stereocenters. The van der Waals surface area contributed by atoms with Crippen LogP contribution in [0.1, 0.15) is 35.3 Å². The van der Waals surface area contributed by atoms with Crippen LogP contribution in [-0.4, -0.2) is 27.2 Å². The second-order valence-electron chi connectivity index (χ2n) is 6.14. The summed E-state index contributed by atoms with van der Waals surface area (Å²) in [5.74, 6) is -0.119.